The summed E-state index contributed by atoms with van der Waals surface area (Å²) in [6.07, 6.45) is 1.80. The van der Waals surface area contributed by atoms with Gasteiger partial charge in [-0.05, 0) is 43.7 Å². The van der Waals surface area contributed by atoms with E-state index in [2.05, 4.69) is 16.0 Å². The minimum Gasteiger partial charge on any atom is -0.279 e. The minimum absolute atomic E-state index is 0.259. The number of aryl methyl sites for hydroxylation is 1. The molecule has 1 unspecified atom stereocenters. The summed E-state index contributed by atoms with van der Waals surface area (Å²) in [5.41, 5.74) is 4.04. The van der Waals surface area contributed by atoms with Crippen molar-refractivity contribution in [3.63, 3.8) is 0 Å². The van der Waals surface area contributed by atoms with Gasteiger partial charge in [0.05, 0.1) is 22.7 Å². The molecule has 0 fully saturated rings. The molecule has 5 heteroatoms. The number of imidazole rings is 1. The molecule has 0 bridgehead atoms. The number of halogens is 1. The zero-order chi connectivity index (χ0) is 15.0. The summed E-state index contributed by atoms with van der Waals surface area (Å²) in [6.45, 7) is 3.85. The van der Waals surface area contributed by atoms with Crippen LogP contribution < -0.4 is 0 Å². The number of nitriles is 1. The van der Waals surface area contributed by atoms with E-state index < -0.39 is 0 Å². The predicted octanol–water partition coefficient (Wildman–Crippen LogP) is 3.90. The third-order valence-corrected chi connectivity index (χ3v) is 3.44. The van der Waals surface area contributed by atoms with Crippen molar-refractivity contribution in [2.24, 2.45) is 0 Å². The van der Waals surface area contributed by atoms with Crippen LogP contribution in [0.25, 0.3) is 16.9 Å². The molecule has 2 heterocycles. The number of rotatable bonds is 2. The number of aromatic nitrogens is 3. The summed E-state index contributed by atoms with van der Waals surface area (Å²) in [6, 6.07) is 11.5. The maximum Gasteiger partial charge on any atom is 0.164 e. The van der Waals surface area contributed by atoms with Crippen molar-refractivity contribution >= 4 is 22.8 Å². The minimum atomic E-state index is -0.259. The molecule has 0 saturated heterocycles. The summed E-state index contributed by atoms with van der Waals surface area (Å²) >= 11 is 6.27. The van der Waals surface area contributed by atoms with E-state index in [1.165, 1.54) is 0 Å². The van der Waals surface area contributed by atoms with Gasteiger partial charge in [-0.2, -0.15) is 5.26 Å². The summed E-state index contributed by atoms with van der Waals surface area (Å²) in [5.74, 6) is 0.722. The smallest absolute Gasteiger partial charge is 0.164 e. The first-order valence-electron chi connectivity index (χ1n) is 6.60. The molecular formula is C16H13ClN4. The standard InChI is InChI=1S/C16H13ClN4/c1-10-6-14-16(19-9-10)21(15(20-14)11(2)17)13-5-3-4-12(7-13)8-18/h3-7,9,11H,1-2H3. The molecule has 21 heavy (non-hydrogen) atoms. The first-order chi connectivity index (χ1) is 10.1. The zero-order valence-corrected chi connectivity index (χ0v) is 12.5. The number of hydrogen-bond acceptors (Lipinski definition) is 3. The topological polar surface area (TPSA) is 54.5 Å². The van der Waals surface area contributed by atoms with Gasteiger partial charge in [0, 0.05) is 6.20 Å². The van der Waals surface area contributed by atoms with Crippen molar-refractivity contribution in [3.8, 4) is 11.8 Å². The van der Waals surface area contributed by atoms with Crippen molar-refractivity contribution < 1.29 is 0 Å². The van der Waals surface area contributed by atoms with E-state index in [-0.39, 0.29) is 5.38 Å². The molecular weight excluding hydrogens is 284 g/mol. The molecule has 3 rings (SSSR count). The second-order valence-corrected chi connectivity index (χ2v) is 5.59. The van der Waals surface area contributed by atoms with Crippen LogP contribution in [-0.4, -0.2) is 14.5 Å². The maximum atomic E-state index is 9.07. The van der Waals surface area contributed by atoms with Crippen molar-refractivity contribution in [2.75, 3.05) is 0 Å². The van der Waals surface area contributed by atoms with E-state index >= 15 is 0 Å². The SMILES string of the molecule is Cc1cnc2c(c1)nc(C(C)Cl)n2-c1cccc(C#N)c1. The van der Waals surface area contributed by atoms with Gasteiger partial charge in [-0.25, -0.2) is 9.97 Å². The number of hydrogen-bond donors (Lipinski definition) is 0. The lowest BCUT2D eigenvalue weighted by molar-refractivity contribution is 0.876. The number of nitrogens with zero attached hydrogens (tertiary/aromatic N) is 4. The van der Waals surface area contributed by atoms with Gasteiger partial charge >= 0.3 is 0 Å². The highest BCUT2D eigenvalue weighted by Crippen LogP contribution is 2.27. The van der Waals surface area contributed by atoms with Gasteiger partial charge in [0.25, 0.3) is 0 Å². The molecule has 0 N–H and O–H groups in total. The number of fused-ring (bicyclic) bond motifs is 1. The van der Waals surface area contributed by atoms with E-state index in [1.54, 1.807) is 12.3 Å². The quantitative estimate of drug-likeness (QED) is 0.674. The third-order valence-electron chi connectivity index (χ3n) is 3.25. The second kappa shape index (κ2) is 5.19. The van der Waals surface area contributed by atoms with Gasteiger partial charge in [0.15, 0.2) is 5.65 Å². The molecule has 4 nitrogen and oxygen atoms in total. The lowest BCUT2D eigenvalue weighted by Gasteiger charge is -2.10. The monoisotopic (exact) mass is 296 g/mol. The first-order valence-corrected chi connectivity index (χ1v) is 7.03. The molecule has 3 aromatic rings. The van der Waals surface area contributed by atoms with Gasteiger partial charge in [-0.3, -0.25) is 4.57 Å². The summed E-state index contributed by atoms with van der Waals surface area (Å²) in [7, 11) is 0. The zero-order valence-electron chi connectivity index (χ0n) is 11.7. The molecule has 2 aromatic heterocycles. The normalized spacial score (nSPS) is 12.3. The molecule has 1 aromatic carbocycles. The highest BCUT2D eigenvalue weighted by Gasteiger charge is 2.17. The average Bonchev–Trinajstić information content (AvgIpc) is 2.86. The summed E-state index contributed by atoms with van der Waals surface area (Å²) < 4.78 is 1.91. The summed E-state index contributed by atoms with van der Waals surface area (Å²) in [5, 5.41) is 8.81. The van der Waals surface area contributed by atoms with E-state index in [0.717, 1.165) is 28.2 Å². The molecule has 0 saturated carbocycles. The van der Waals surface area contributed by atoms with Crippen molar-refractivity contribution in [2.45, 2.75) is 19.2 Å². The Hall–Kier alpha value is -2.38. The van der Waals surface area contributed by atoms with Gasteiger partial charge < -0.3 is 0 Å². The first kappa shape index (κ1) is 13.6. The molecule has 0 radical (unpaired) electrons. The third kappa shape index (κ3) is 2.37. The van der Waals surface area contributed by atoms with Crippen LogP contribution in [0.3, 0.4) is 0 Å². The largest absolute Gasteiger partial charge is 0.279 e. The van der Waals surface area contributed by atoms with Crippen LogP contribution in [0.4, 0.5) is 0 Å². The number of pyridine rings is 1. The Labute approximate surface area is 127 Å². The lowest BCUT2D eigenvalue weighted by Crippen LogP contribution is -2.03. The Morgan fingerprint density at radius 2 is 2.14 bits per heavy atom. The number of alkyl halides is 1. The van der Waals surface area contributed by atoms with Gasteiger partial charge in [-0.1, -0.05) is 6.07 Å². The fourth-order valence-corrected chi connectivity index (χ4v) is 2.47. The van der Waals surface area contributed by atoms with E-state index in [4.69, 9.17) is 16.9 Å². The van der Waals surface area contributed by atoms with E-state index in [9.17, 15) is 0 Å². The highest BCUT2D eigenvalue weighted by molar-refractivity contribution is 6.20. The van der Waals surface area contributed by atoms with Crippen LogP contribution in [-0.2, 0) is 0 Å². The van der Waals surface area contributed by atoms with E-state index in [1.807, 2.05) is 42.7 Å². The average molecular weight is 297 g/mol. The van der Waals surface area contributed by atoms with Crippen molar-refractivity contribution in [1.29, 1.82) is 5.26 Å². The fraction of sp³-hybridized carbons (Fsp3) is 0.188. The van der Waals surface area contributed by atoms with Crippen LogP contribution in [0.2, 0.25) is 0 Å². The molecule has 0 aliphatic rings. The highest BCUT2D eigenvalue weighted by atomic mass is 35.5. The van der Waals surface area contributed by atoms with E-state index in [0.29, 0.717) is 5.56 Å². The molecule has 1 atom stereocenters. The van der Waals surface area contributed by atoms with Crippen LogP contribution >= 0.6 is 11.6 Å². The Balaban J connectivity index is 2.34. The van der Waals surface area contributed by atoms with Crippen molar-refractivity contribution in [3.05, 3.63) is 53.5 Å². The van der Waals surface area contributed by atoms with Crippen molar-refractivity contribution in [1.82, 2.24) is 14.5 Å². The Bertz CT molecular complexity index is 858. The molecule has 0 aliphatic heterocycles. The van der Waals surface area contributed by atoms with Gasteiger partial charge in [0.1, 0.15) is 11.3 Å². The van der Waals surface area contributed by atoms with Crippen LogP contribution in [0.5, 0.6) is 0 Å². The van der Waals surface area contributed by atoms with Gasteiger partial charge in [-0.15, -0.1) is 11.6 Å². The van der Waals surface area contributed by atoms with Crippen LogP contribution in [0.15, 0.2) is 36.5 Å². The predicted molar refractivity (Wildman–Crippen MR) is 82.6 cm³/mol. The molecule has 104 valence electrons. The lowest BCUT2D eigenvalue weighted by atomic mass is 10.2. The summed E-state index contributed by atoms with van der Waals surface area (Å²) in [4.78, 5) is 9.07. The second-order valence-electron chi connectivity index (χ2n) is 4.94. The Morgan fingerprint density at radius 3 is 2.86 bits per heavy atom. The van der Waals surface area contributed by atoms with Crippen LogP contribution in [0, 0.1) is 18.3 Å². The van der Waals surface area contributed by atoms with Crippen LogP contribution in [0.1, 0.15) is 29.3 Å². The molecule has 0 spiro atoms. The molecule has 0 amide bonds. The molecule has 0 aliphatic carbocycles. The Kier molecular flexibility index (Phi) is 3.36. The fourth-order valence-electron chi connectivity index (χ4n) is 2.32. The number of benzene rings is 1. The maximum absolute atomic E-state index is 9.07. The Morgan fingerprint density at radius 1 is 1.33 bits per heavy atom. The van der Waals surface area contributed by atoms with Gasteiger partial charge in [0.2, 0.25) is 0 Å².